The first kappa shape index (κ1) is 13.0. The van der Waals surface area contributed by atoms with Crippen LogP contribution in [0.3, 0.4) is 0 Å². The van der Waals surface area contributed by atoms with Crippen LogP contribution in [0, 0.1) is 11.8 Å². The van der Waals surface area contributed by atoms with Gasteiger partial charge in [-0.15, -0.1) is 0 Å². The predicted octanol–water partition coefficient (Wildman–Crippen LogP) is 3.87. The Morgan fingerprint density at radius 3 is 2.26 bits per heavy atom. The molecule has 1 aromatic heterocycles. The van der Waals surface area contributed by atoms with E-state index in [1.807, 2.05) is 0 Å². The molecule has 1 aliphatic carbocycles. The van der Waals surface area contributed by atoms with Crippen molar-refractivity contribution in [3.05, 3.63) is 12.3 Å². The lowest BCUT2D eigenvalue weighted by molar-refractivity contribution is 0.274. The fourth-order valence-electron chi connectivity index (χ4n) is 3.44. The van der Waals surface area contributed by atoms with Gasteiger partial charge in [-0.2, -0.15) is 5.10 Å². The summed E-state index contributed by atoms with van der Waals surface area (Å²) < 4.78 is 2.24. The molecule has 0 atom stereocenters. The lowest BCUT2D eigenvalue weighted by Crippen LogP contribution is -2.33. The Kier molecular flexibility index (Phi) is 3.81. The Morgan fingerprint density at radius 2 is 1.58 bits per heavy atom. The van der Waals surface area contributed by atoms with Crippen molar-refractivity contribution in [3.8, 4) is 0 Å². The molecule has 3 heteroatoms. The van der Waals surface area contributed by atoms with Crippen LogP contribution in [0.25, 0.3) is 0 Å². The zero-order valence-electron chi connectivity index (χ0n) is 12.4. The summed E-state index contributed by atoms with van der Waals surface area (Å²) in [5.74, 6) is 3.00. The van der Waals surface area contributed by atoms with E-state index < -0.39 is 0 Å². The molecule has 1 aromatic rings. The Labute approximate surface area is 117 Å². The fourth-order valence-corrected chi connectivity index (χ4v) is 3.44. The summed E-state index contributed by atoms with van der Waals surface area (Å²) in [6, 6.07) is 2.86. The number of aromatic nitrogens is 2. The maximum atomic E-state index is 4.85. The minimum Gasteiger partial charge on any atom is -0.355 e. The highest BCUT2D eigenvalue weighted by molar-refractivity contribution is 5.37. The highest BCUT2D eigenvalue weighted by Crippen LogP contribution is 2.32. The average molecular weight is 261 g/mol. The van der Waals surface area contributed by atoms with Crippen LogP contribution in [0.15, 0.2) is 12.3 Å². The molecule has 0 spiro atoms. The molecule has 0 amide bonds. The van der Waals surface area contributed by atoms with Gasteiger partial charge in [-0.3, -0.25) is 4.68 Å². The largest absolute Gasteiger partial charge is 0.355 e. The van der Waals surface area contributed by atoms with Gasteiger partial charge in [-0.1, -0.05) is 13.8 Å². The smallest absolute Gasteiger partial charge is 0.150 e. The Bertz CT molecular complexity index is 359. The van der Waals surface area contributed by atoms with Crippen molar-refractivity contribution in [2.75, 3.05) is 18.0 Å². The molecular weight excluding hydrogens is 234 g/mol. The SMILES string of the molecule is CC1CCC(n2ccc(N3CCC(C)CC3)n2)CC1. The van der Waals surface area contributed by atoms with Gasteiger partial charge in [0.1, 0.15) is 0 Å². The number of hydrogen-bond donors (Lipinski definition) is 0. The summed E-state index contributed by atoms with van der Waals surface area (Å²) in [5, 5.41) is 4.85. The van der Waals surface area contributed by atoms with Crippen LogP contribution in [0.5, 0.6) is 0 Å². The van der Waals surface area contributed by atoms with Crippen LogP contribution in [0.1, 0.15) is 58.4 Å². The Morgan fingerprint density at radius 1 is 0.947 bits per heavy atom. The first-order chi connectivity index (χ1) is 9.22. The molecule has 0 radical (unpaired) electrons. The van der Waals surface area contributed by atoms with E-state index in [4.69, 9.17) is 5.10 Å². The average Bonchev–Trinajstić information content (AvgIpc) is 2.90. The van der Waals surface area contributed by atoms with Crippen LogP contribution >= 0.6 is 0 Å². The maximum Gasteiger partial charge on any atom is 0.150 e. The number of piperidine rings is 1. The van der Waals surface area contributed by atoms with Gasteiger partial charge in [0, 0.05) is 25.4 Å². The third-order valence-electron chi connectivity index (χ3n) is 5.06. The van der Waals surface area contributed by atoms with E-state index in [0.29, 0.717) is 6.04 Å². The van der Waals surface area contributed by atoms with Gasteiger partial charge in [-0.05, 0) is 50.4 Å². The quantitative estimate of drug-likeness (QED) is 0.806. The summed E-state index contributed by atoms with van der Waals surface area (Å²) >= 11 is 0. The lowest BCUT2D eigenvalue weighted by atomic mass is 9.87. The molecule has 2 heterocycles. The molecule has 106 valence electrons. The van der Waals surface area contributed by atoms with E-state index in [1.165, 1.54) is 57.4 Å². The summed E-state index contributed by atoms with van der Waals surface area (Å²) in [6.07, 6.45) is 10.2. The van der Waals surface area contributed by atoms with Crippen LogP contribution in [-0.2, 0) is 0 Å². The molecule has 19 heavy (non-hydrogen) atoms. The molecule has 1 saturated carbocycles. The van der Waals surface area contributed by atoms with E-state index in [1.54, 1.807) is 0 Å². The summed E-state index contributed by atoms with van der Waals surface area (Å²) in [7, 11) is 0. The second-order valence-electron chi connectivity index (χ2n) is 6.74. The maximum absolute atomic E-state index is 4.85. The van der Waals surface area contributed by atoms with Gasteiger partial charge in [0.15, 0.2) is 5.82 Å². The summed E-state index contributed by atoms with van der Waals surface area (Å²) in [5.41, 5.74) is 0. The predicted molar refractivity (Wildman–Crippen MR) is 79.5 cm³/mol. The number of rotatable bonds is 2. The molecule has 1 aliphatic heterocycles. The minimum absolute atomic E-state index is 0.647. The number of nitrogens with zero attached hydrogens (tertiary/aromatic N) is 3. The zero-order valence-corrected chi connectivity index (χ0v) is 12.4. The van der Waals surface area contributed by atoms with Crippen LogP contribution in [0.4, 0.5) is 5.82 Å². The molecule has 0 aromatic carbocycles. The monoisotopic (exact) mass is 261 g/mol. The molecule has 2 fully saturated rings. The van der Waals surface area contributed by atoms with Gasteiger partial charge in [0.05, 0.1) is 6.04 Å². The van der Waals surface area contributed by atoms with Gasteiger partial charge < -0.3 is 4.90 Å². The van der Waals surface area contributed by atoms with Gasteiger partial charge in [0.25, 0.3) is 0 Å². The molecule has 2 aliphatic rings. The normalized spacial score (nSPS) is 29.7. The van der Waals surface area contributed by atoms with Crippen molar-refractivity contribution < 1.29 is 0 Å². The highest BCUT2D eigenvalue weighted by atomic mass is 15.4. The molecule has 3 rings (SSSR count). The Balaban J connectivity index is 1.63. The minimum atomic E-state index is 0.647. The van der Waals surface area contributed by atoms with Gasteiger partial charge in [-0.25, -0.2) is 0 Å². The van der Waals surface area contributed by atoms with Crippen molar-refractivity contribution in [2.24, 2.45) is 11.8 Å². The van der Waals surface area contributed by atoms with Crippen molar-refractivity contribution in [1.29, 1.82) is 0 Å². The van der Waals surface area contributed by atoms with Crippen molar-refractivity contribution in [3.63, 3.8) is 0 Å². The second-order valence-corrected chi connectivity index (χ2v) is 6.74. The van der Waals surface area contributed by atoms with Crippen molar-refractivity contribution in [2.45, 2.75) is 58.4 Å². The molecule has 0 bridgehead atoms. The van der Waals surface area contributed by atoms with Crippen LogP contribution in [0.2, 0.25) is 0 Å². The molecule has 0 unspecified atom stereocenters. The van der Waals surface area contributed by atoms with Gasteiger partial charge >= 0.3 is 0 Å². The molecule has 3 nitrogen and oxygen atoms in total. The molecule has 0 N–H and O–H groups in total. The topological polar surface area (TPSA) is 21.1 Å². The fraction of sp³-hybridized carbons (Fsp3) is 0.812. The van der Waals surface area contributed by atoms with E-state index in [2.05, 4.69) is 35.7 Å². The zero-order chi connectivity index (χ0) is 13.2. The number of hydrogen-bond acceptors (Lipinski definition) is 2. The van der Waals surface area contributed by atoms with E-state index in [-0.39, 0.29) is 0 Å². The van der Waals surface area contributed by atoms with E-state index in [9.17, 15) is 0 Å². The third-order valence-corrected chi connectivity index (χ3v) is 5.06. The molecule has 1 saturated heterocycles. The third kappa shape index (κ3) is 2.96. The lowest BCUT2D eigenvalue weighted by Gasteiger charge is -2.30. The van der Waals surface area contributed by atoms with E-state index >= 15 is 0 Å². The summed E-state index contributed by atoms with van der Waals surface area (Å²) in [4.78, 5) is 2.46. The van der Waals surface area contributed by atoms with Crippen LogP contribution in [-0.4, -0.2) is 22.9 Å². The first-order valence-electron chi connectivity index (χ1n) is 8.02. The standard InChI is InChI=1S/C16H27N3/c1-13-3-5-15(6-4-13)19-12-9-16(17-19)18-10-7-14(2)8-11-18/h9,12-15H,3-8,10-11H2,1-2H3. The van der Waals surface area contributed by atoms with Gasteiger partial charge in [0.2, 0.25) is 0 Å². The van der Waals surface area contributed by atoms with E-state index in [0.717, 1.165) is 11.8 Å². The highest BCUT2D eigenvalue weighted by Gasteiger charge is 2.22. The summed E-state index contributed by atoms with van der Waals surface area (Å²) in [6.45, 7) is 7.10. The van der Waals surface area contributed by atoms with Crippen LogP contribution < -0.4 is 4.90 Å². The van der Waals surface area contributed by atoms with Crippen molar-refractivity contribution >= 4 is 5.82 Å². The molecular formula is C16H27N3. The Hall–Kier alpha value is -0.990. The van der Waals surface area contributed by atoms with Crippen molar-refractivity contribution in [1.82, 2.24) is 9.78 Å². The first-order valence-corrected chi connectivity index (χ1v) is 8.02. The second kappa shape index (κ2) is 5.56. The number of anilines is 1.